The first-order chi connectivity index (χ1) is 6.65. The summed E-state index contributed by atoms with van der Waals surface area (Å²) in [6.07, 6.45) is 7.84. The summed E-state index contributed by atoms with van der Waals surface area (Å²) in [6.45, 7) is 7.06. The molecule has 1 rings (SSSR count). The van der Waals surface area contributed by atoms with Crippen LogP contribution >= 0.6 is 11.9 Å². The highest BCUT2D eigenvalue weighted by Crippen LogP contribution is 2.42. The Morgan fingerprint density at radius 2 is 1.86 bits per heavy atom. The van der Waals surface area contributed by atoms with Crippen LogP contribution in [0.4, 0.5) is 0 Å². The number of rotatable bonds is 7. The summed E-state index contributed by atoms with van der Waals surface area (Å²) in [5.74, 6) is 2.93. The van der Waals surface area contributed by atoms with E-state index in [2.05, 4.69) is 31.7 Å². The lowest BCUT2D eigenvalue weighted by Gasteiger charge is -2.22. The Morgan fingerprint density at radius 1 is 1.21 bits per heavy atom. The van der Waals surface area contributed by atoms with E-state index in [4.69, 9.17) is 0 Å². The smallest absolute Gasteiger partial charge is 0.0143 e. The Kier molecular flexibility index (Phi) is 5.32. The van der Waals surface area contributed by atoms with E-state index in [0.717, 1.165) is 17.8 Å². The summed E-state index contributed by atoms with van der Waals surface area (Å²) in [7, 11) is 0. The number of nitrogens with one attached hydrogen (secondary N) is 1. The lowest BCUT2D eigenvalue weighted by Crippen LogP contribution is -2.21. The maximum atomic E-state index is 3.42. The fourth-order valence-electron chi connectivity index (χ4n) is 2.34. The summed E-state index contributed by atoms with van der Waals surface area (Å²) in [6, 6.07) is 0.671. The normalized spacial score (nSPS) is 21.2. The molecule has 14 heavy (non-hydrogen) atoms. The third kappa shape index (κ3) is 4.22. The highest BCUT2D eigenvalue weighted by atomic mass is 32.2. The van der Waals surface area contributed by atoms with Gasteiger partial charge in [-0.15, -0.1) is 0 Å². The quantitative estimate of drug-likeness (QED) is 0.650. The van der Waals surface area contributed by atoms with Crippen molar-refractivity contribution in [1.82, 2.24) is 4.72 Å². The van der Waals surface area contributed by atoms with Gasteiger partial charge in [0, 0.05) is 6.04 Å². The summed E-state index contributed by atoms with van der Waals surface area (Å²) in [5.41, 5.74) is 0. The molecule has 0 amide bonds. The van der Waals surface area contributed by atoms with E-state index in [1.54, 1.807) is 11.9 Å². The van der Waals surface area contributed by atoms with E-state index >= 15 is 0 Å². The first kappa shape index (κ1) is 12.4. The van der Waals surface area contributed by atoms with Crippen molar-refractivity contribution < 1.29 is 0 Å². The van der Waals surface area contributed by atoms with Gasteiger partial charge in [-0.05, 0) is 56.6 Å². The molecule has 1 aliphatic rings. The topological polar surface area (TPSA) is 12.0 Å². The van der Waals surface area contributed by atoms with E-state index in [1.807, 2.05) is 0 Å². The van der Waals surface area contributed by atoms with Crippen LogP contribution in [0.5, 0.6) is 0 Å². The van der Waals surface area contributed by atoms with Crippen LogP contribution in [0.2, 0.25) is 0 Å². The molecule has 0 bridgehead atoms. The Morgan fingerprint density at radius 3 is 2.29 bits per heavy atom. The fourth-order valence-corrected chi connectivity index (χ4v) is 2.86. The van der Waals surface area contributed by atoms with Crippen LogP contribution in [0.15, 0.2) is 0 Å². The average molecular weight is 215 g/mol. The highest BCUT2D eigenvalue weighted by molar-refractivity contribution is 7.96. The summed E-state index contributed by atoms with van der Waals surface area (Å²) >= 11 is 1.74. The van der Waals surface area contributed by atoms with E-state index in [9.17, 15) is 0 Å². The molecule has 84 valence electrons. The van der Waals surface area contributed by atoms with Crippen molar-refractivity contribution in [2.75, 3.05) is 6.26 Å². The number of hydrogen-bond acceptors (Lipinski definition) is 2. The van der Waals surface area contributed by atoms with Crippen LogP contribution in [-0.4, -0.2) is 12.3 Å². The van der Waals surface area contributed by atoms with Gasteiger partial charge in [-0.25, -0.2) is 0 Å². The van der Waals surface area contributed by atoms with Crippen LogP contribution in [0, 0.1) is 17.8 Å². The largest absolute Gasteiger partial charge is 0.262 e. The Hall–Kier alpha value is 0.310. The van der Waals surface area contributed by atoms with Crippen LogP contribution < -0.4 is 4.72 Å². The Labute approximate surface area is 93.6 Å². The molecule has 2 atom stereocenters. The minimum Gasteiger partial charge on any atom is -0.262 e. The van der Waals surface area contributed by atoms with Gasteiger partial charge in [0.2, 0.25) is 0 Å². The maximum Gasteiger partial charge on any atom is 0.0143 e. The predicted molar refractivity (Wildman–Crippen MR) is 66.4 cm³/mol. The molecule has 0 aliphatic heterocycles. The van der Waals surface area contributed by atoms with Crippen molar-refractivity contribution in [1.29, 1.82) is 0 Å². The third-order valence-corrected chi connectivity index (χ3v) is 3.97. The molecule has 0 radical (unpaired) electrons. The zero-order valence-corrected chi connectivity index (χ0v) is 10.9. The van der Waals surface area contributed by atoms with Gasteiger partial charge in [0.1, 0.15) is 0 Å². The van der Waals surface area contributed by atoms with E-state index in [-0.39, 0.29) is 0 Å². The Bertz CT molecular complexity index is 152. The predicted octanol–water partition coefficient (Wildman–Crippen LogP) is 3.70. The zero-order valence-electron chi connectivity index (χ0n) is 10.0. The van der Waals surface area contributed by atoms with E-state index in [1.165, 1.54) is 25.7 Å². The van der Waals surface area contributed by atoms with Gasteiger partial charge in [-0.3, -0.25) is 4.72 Å². The van der Waals surface area contributed by atoms with E-state index in [0.29, 0.717) is 6.04 Å². The standard InChI is InChI=1S/C12H25NS/c1-9(2)12(11-6-7-11)8-5-10(3)13-14-4/h9-13H,5-8H2,1-4H3. The lowest BCUT2D eigenvalue weighted by atomic mass is 9.86. The van der Waals surface area contributed by atoms with Crippen LogP contribution in [-0.2, 0) is 0 Å². The molecule has 0 saturated heterocycles. The SMILES string of the molecule is CSNC(C)CCC(C(C)C)C1CC1. The molecule has 1 nitrogen and oxygen atoms in total. The van der Waals surface area contributed by atoms with Gasteiger partial charge < -0.3 is 0 Å². The molecule has 1 N–H and O–H groups in total. The van der Waals surface area contributed by atoms with Crippen LogP contribution in [0.25, 0.3) is 0 Å². The molecule has 0 aromatic heterocycles. The molecule has 2 heteroatoms. The van der Waals surface area contributed by atoms with Crippen molar-refractivity contribution in [2.24, 2.45) is 17.8 Å². The molecule has 0 heterocycles. The van der Waals surface area contributed by atoms with Gasteiger partial charge in [-0.1, -0.05) is 25.8 Å². The molecule has 1 aliphatic carbocycles. The molecular formula is C12H25NS. The molecule has 1 saturated carbocycles. The summed E-state index contributed by atoms with van der Waals surface area (Å²) in [4.78, 5) is 0. The highest BCUT2D eigenvalue weighted by Gasteiger charge is 2.32. The van der Waals surface area contributed by atoms with Crippen molar-refractivity contribution in [2.45, 2.75) is 52.5 Å². The van der Waals surface area contributed by atoms with Gasteiger partial charge in [-0.2, -0.15) is 0 Å². The third-order valence-electron chi connectivity index (χ3n) is 3.34. The van der Waals surface area contributed by atoms with Crippen LogP contribution in [0.3, 0.4) is 0 Å². The van der Waals surface area contributed by atoms with Gasteiger partial charge in [0.25, 0.3) is 0 Å². The van der Waals surface area contributed by atoms with Crippen molar-refractivity contribution in [3.8, 4) is 0 Å². The van der Waals surface area contributed by atoms with E-state index < -0.39 is 0 Å². The molecule has 2 unspecified atom stereocenters. The second-order valence-corrected chi connectivity index (χ2v) is 5.69. The zero-order chi connectivity index (χ0) is 10.6. The fraction of sp³-hybridized carbons (Fsp3) is 1.00. The van der Waals surface area contributed by atoms with Gasteiger partial charge >= 0.3 is 0 Å². The first-order valence-corrected chi connectivity index (χ1v) is 7.16. The second-order valence-electron chi connectivity index (χ2n) is 5.05. The lowest BCUT2D eigenvalue weighted by molar-refractivity contribution is 0.301. The van der Waals surface area contributed by atoms with Crippen LogP contribution in [0.1, 0.15) is 46.5 Å². The van der Waals surface area contributed by atoms with Crippen molar-refractivity contribution in [3.05, 3.63) is 0 Å². The van der Waals surface area contributed by atoms with Gasteiger partial charge in [0.15, 0.2) is 0 Å². The van der Waals surface area contributed by atoms with Crippen molar-refractivity contribution >= 4 is 11.9 Å². The average Bonchev–Trinajstić information content (AvgIpc) is 2.88. The monoisotopic (exact) mass is 215 g/mol. The summed E-state index contributed by atoms with van der Waals surface area (Å²) in [5, 5.41) is 0. The first-order valence-electron chi connectivity index (χ1n) is 5.93. The molecular weight excluding hydrogens is 190 g/mol. The molecule has 0 aromatic rings. The van der Waals surface area contributed by atoms with Crippen molar-refractivity contribution in [3.63, 3.8) is 0 Å². The number of hydrogen-bond donors (Lipinski definition) is 1. The minimum absolute atomic E-state index is 0.671. The minimum atomic E-state index is 0.671. The summed E-state index contributed by atoms with van der Waals surface area (Å²) < 4.78 is 3.42. The molecule has 0 spiro atoms. The van der Waals surface area contributed by atoms with Gasteiger partial charge in [0.05, 0.1) is 0 Å². The maximum absolute atomic E-state index is 3.42. The molecule has 0 aromatic carbocycles. The second kappa shape index (κ2) is 6.02. The molecule has 1 fully saturated rings. The Balaban J connectivity index is 2.19.